The van der Waals surface area contributed by atoms with Crippen molar-refractivity contribution in [3.63, 3.8) is 0 Å². The molecule has 5 nitrogen and oxygen atoms in total. The highest BCUT2D eigenvalue weighted by atomic mass is 127. The van der Waals surface area contributed by atoms with Gasteiger partial charge in [0.05, 0.1) is 9.26 Å². The number of nitrogens with one attached hydrogen (secondary N) is 1. The molecule has 1 heterocycles. The highest BCUT2D eigenvalue weighted by molar-refractivity contribution is 14.1. The average Bonchev–Trinajstić information content (AvgIpc) is 2.71. The van der Waals surface area contributed by atoms with Crippen LogP contribution in [0.3, 0.4) is 0 Å². The third-order valence-electron chi connectivity index (χ3n) is 2.60. The maximum atomic E-state index is 12.4. The Kier molecular flexibility index (Phi) is 4.76. The smallest absolute Gasteiger partial charge is 0.387 e. The SMILES string of the molecule is Cc1ccc(NC(=O)c2nn(C)cc2I)c(OC(F)F)c1. The summed E-state index contributed by atoms with van der Waals surface area (Å²) in [6.45, 7) is -1.22. The summed E-state index contributed by atoms with van der Waals surface area (Å²) in [7, 11) is 1.69. The molecule has 1 N–H and O–H groups in total. The van der Waals surface area contributed by atoms with Crippen molar-refractivity contribution in [1.82, 2.24) is 9.78 Å². The first-order valence-electron chi connectivity index (χ1n) is 5.93. The summed E-state index contributed by atoms with van der Waals surface area (Å²) in [5.74, 6) is -0.563. The Morgan fingerprint density at radius 2 is 2.19 bits per heavy atom. The van der Waals surface area contributed by atoms with E-state index in [1.807, 2.05) is 22.6 Å². The fraction of sp³-hybridized carbons (Fsp3) is 0.231. The minimum absolute atomic E-state index is 0.0794. The second-order valence-corrected chi connectivity index (χ2v) is 5.49. The lowest BCUT2D eigenvalue weighted by Gasteiger charge is -2.12. The zero-order valence-electron chi connectivity index (χ0n) is 11.2. The van der Waals surface area contributed by atoms with Crippen LogP contribution in [-0.4, -0.2) is 22.3 Å². The minimum Gasteiger partial charge on any atom is -0.433 e. The van der Waals surface area contributed by atoms with Gasteiger partial charge in [0, 0.05) is 13.2 Å². The number of carbonyl (C=O) groups is 1. The van der Waals surface area contributed by atoms with Gasteiger partial charge in [0.15, 0.2) is 5.69 Å². The van der Waals surface area contributed by atoms with Crippen LogP contribution >= 0.6 is 22.6 Å². The van der Waals surface area contributed by atoms with E-state index in [9.17, 15) is 13.6 Å². The number of aromatic nitrogens is 2. The quantitative estimate of drug-likeness (QED) is 0.793. The van der Waals surface area contributed by atoms with Crippen molar-refractivity contribution in [2.75, 3.05) is 5.32 Å². The van der Waals surface area contributed by atoms with Crippen LogP contribution in [0.15, 0.2) is 24.4 Å². The number of benzene rings is 1. The van der Waals surface area contributed by atoms with E-state index >= 15 is 0 Å². The van der Waals surface area contributed by atoms with Gasteiger partial charge in [-0.15, -0.1) is 0 Å². The van der Waals surface area contributed by atoms with Crippen LogP contribution in [0.5, 0.6) is 5.75 Å². The summed E-state index contributed by atoms with van der Waals surface area (Å²) in [4.78, 5) is 12.1. The van der Waals surface area contributed by atoms with Gasteiger partial charge in [-0.2, -0.15) is 13.9 Å². The predicted molar refractivity (Wildman–Crippen MR) is 81.7 cm³/mol. The normalized spacial score (nSPS) is 10.8. The van der Waals surface area contributed by atoms with E-state index in [0.29, 0.717) is 3.57 Å². The van der Waals surface area contributed by atoms with Gasteiger partial charge in [-0.1, -0.05) is 6.07 Å². The van der Waals surface area contributed by atoms with Crippen LogP contribution in [0.1, 0.15) is 16.1 Å². The fourth-order valence-corrected chi connectivity index (χ4v) is 2.48. The largest absolute Gasteiger partial charge is 0.433 e. The van der Waals surface area contributed by atoms with Gasteiger partial charge < -0.3 is 10.1 Å². The molecule has 0 unspecified atom stereocenters. The summed E-state index contributed by atoms with van der Waals surface area (Å²) in [5, 5.41) is 6.56. The third kappa shape index (κ3) is 3.90. The number of carbonyl (C=O) groups excluding carboxylic acids is 1. The molecule has 0 aliphatic rings. The topological polar surface area (TPSA) is 56.2 Å². The molecule has 1 amide bonds. The number of rotatable bonds is 4. The van der Waals surface area contributed by atoms with Crippen molar-refractivity contribution in [2.24, 2.45) is 7.05 Å². The lowest BCUT2D eigenvalue weighted by Crippen LogP contribution is -2.16. The molecule has 0 spiro atoms. The Labute approximate surface area is 133 Å². The number of hydrogen-bond acceptors (Lipinski definition) is 3. The second kappa shape index (κ2) is 6.37. The van der Waals surface area contributed by atoms with Crippen molar-refractivity contribution in [1.29, 1.82) is 0 Å². The van der Waals surface area contributed by atoms with Crippen molar-refractivity contribution >= 4 is 34.2 Å². The molecule has 1 aromatic heterocycles. The Morgan fingerprint density at radius 1 is 1.48 bits per heavy atom. The molecule has 2 rings (SSSR count). The van der Waals surface area contributed by atoms with Gasteiger partial charge in [-0.25, -0.2) is 0 Å². The Hall–Kier alpha value is -1.71. The van der Waals surface area contributed by atoms with Crippen LogP contribution < -0.4 is 10.1 Å². The number of ether oxygens (including phenoxy) is 1. The van der Waals surface area contributed by atoms with Gasteiger partial charge in [0.2, 0.25) is 0 Å². The molecule has 0 fully saturated rings. The van der Waals surface area contributed by atoms with E-state index in [1.54, 1.807) is 26.2 Å². The number of anilines is 1. The highest BCUT2D eigenvalue weighted by Gasteiger charge is 2.17. The zero-order valence-corrected chi connectivity index (χ0v) is 13.4. The molecule has 0 bridgehead atoms. The first-order chi connectivity index (χ1) is 9.86. The van der Waals surface area contributed by atoms with Crippen LogP contribution in [0.25, 0.3) is 0 Å². The molecule has 2 aromatic rings. The van der Waals surface area contributed by atoms with Crippen molar-refractivity contribution in [3.8, 4) is 5.75 Å². The van der Waals surface area contributed by atoms with E-state index in [0.717, 1.165) is 5.56 Å². The second-order valence-electron chi connectivity index (χ2n) is 4.33. The maximum absolute atomic E-state index is 12.4. The molecule has 0 aliphatic carbocycles. The number of aryl methyl sites for hydroxylation is 2. The van der Waals surface area contributed by atoms with Gasteiger partial charge in [-0.3, -0.25) is 9.48 Å². The summed E-state index contributed by atoms with van der Waals surface area (Å²) in [6, 6.07) is 4.64. The monoisotopic (exact) mass is 407 g/mol. The zero-order chi connectivity index (χ0) is 15.6. The number of hydrogen-bond donors (Lipinski definition) is 1. The Morgan fingerprint density at radius 3 is 2.76 bits per heavy atom. The van der Waals surface area contributed by atoms with E-state index < -0.39 is 12.5 Å². The number of alkyl halides is 2. The minimum atomic E-state index is -2.96. The van der Waals surface area contributed by atoms with E-state index in [2.05, 4.69) is 15.2 Å². The lowest BCUT2D eigenvalue weighted by atomic mass is 10.2. The summed E-state index contributed by atoms with van der Waals surface area (Å²) in [6.07, 6.45) is 1.68. The molecular formula is C13H12F2IN3O2. The van der Waals surface area contributed by atoms with Gasteiger partial charge in [0.25, 0.3) is 5.91 Å². The summed E-state index contributed by atoms with van der Waals surface area (Å²) < 4.78 is 31.4. The molecular weight excluding hydrogens is 395 g/mol. The molecule has 112 valence electrons. The fourth-order valence-electron chi connectivity index (χ4n) is 1.72. The van der Waals surface area contributed by atoms with Crippen LogP contribution in [-0.2, 0) is 7.05 Å². The van der Waals surface area contributed by atoms with Crippen LogP contribution in [0, 0.1) is 10.5 Å². The van der Waals surface area contributed by atoms with Crippen LogP contribution in [0.4, 0.5) is 14.5 Å². The first kappa shape index (κ1) is 15.7. The van der Waals surface area contributed by atoms with Crippen molar-refractivity contribution in [2.45, 2.75) is 13.5 Å². The van der Waals surface area contributed by atoms with Gasteiger partial charge >= 0.3 is 6.61 Å². The molecule has 0 saturated heterocycles. The Balaban J connectivity index is 2.26. The van der Waals surface area contributed by atoms with Gasteiger partial charge in [0.1, 0.15) is 5.75 Å². The summed E-state index contributed by atoms with van der Waals surface area (Å²) >= 11 is 1.98. The van der Waals surface area contributed by atoms with E-state index in [4.69, 9.17) is 0 Å². The third-order valence-corrected chi connectivity index (χ3v) is 3.39. The molecule has 0 atom stereocenters. The molecule has 8 heteroatoms. The Bertz CT molecular complexity index is 673. The van der Waals surface area contributed by atoms with E-state index in [-0.39, 0.29) is 17.1 Å². The standard InChI is InChI=1S/C13H12F2IN3O2/c1-7-3-4-9(10(5-7)21-13(14)15)17-12(20)11-8(16)6-19(2)18-11/h3-6,13H,1-2H3,(H,17,20). The van der Waals surface area contributed by atoms with Crippen LogP contribution in [0.2, 0.25) is 0 Å². The maximum Gasteiger partial charge on any atom is 0.387 e. The van der Waals surface area contributed by atoms with Crippen molar-refractivity contribution < 1.29 is 18.3 Å². The number of amides is 1. The average molecular weight is 407 g/mol. The molecule has 0 aliphatic heterocycles. The number of nitrogens with zero attached hydrogens (tertiary/aromatic N) is 2. The first-order valence-corrected chi connectivity index (χ1v) is 7.00. The molecule has 0 radical (unpaired) electrons. The molecule has 21 heavy (non-hydrogen) atoms. The molecule has 1 aromatic carbocycles. The number of halogens is 3. The summed E-state index contributed by atoms with van der Waals surface area (Å²) in [5.41, 5.74) is 1.14. The van der Waals surface area contributed by atoms with E-state index in [1.165, 1.54) is 16.8 Å². The lowest BCUT2D eigenvalue weighted by molar-refractivity contribution is -0.0494. The molecule has 0 saturated carbocycles. The highest BCUT2D eigenvalue weighted by Crippen LogP contribution is 2.28. The van der Waals surface area contributed by atoms with Crippen molar-refractivity contribution in [3.05, 3.63) is 39.2 Å². The predicted octanol–water partition coefficient (Wildman–Crippen LogP) is 3.19. The van der Waals surface area contributed by atoms with Gasteiger partial charge in [-0.05, 0) is 47.2 Å².